The Hall–Kier alpha value is -1.29. The number of carbonyl (C=O) groups is 1. The molecule has 1 rings (SSSR count). The molecule has 0 saturated heterocycles. The number of nitrogens with zero attached hydrogens (tertiary/aromatic N) is 1. The van der Waals surface area contributed by atoms with Crippen molar-refractivity contribution >= 4 is 28.6 Å². The summed E-state index contributed by atoms with van der Waals surface area (Å²) in [4.78, 5) is 11.3. The van der Waals surface area contributed by atoms with E-state index < -0.39 is 5.97 Å². The second-order valence-corrected chi connectivity index (χ2v) is 4.29. The number of rotatable bonds is 3. The lowest BCUT2D eigenvalue weighted by molar-refractivity contribution is -0.142. The van der Waals surface area contributed by atoms with Gasteiger partial charge in [0, 0.05) is 9.13 Å². The van der Waals surface area contributed by atoms with E-state index in [1.165, 1.54) is 6.07 Å². The fourth-order valence-corrected chi connectivity index (χ4v) is 1.87. The third-order valence-electron chi connectivity index (χ3n) is 1.94. The number of esters is 1. The predicted octanol–water partition coefficient (Wildman–Crippen LogP) is 1.97. The lowest BCUT2D eigenvalue weighted by Crippen LogP contribution is -2.09. The number of hydrogen-bond donors (Lipinski definition) is 1. The fourth-order valence-electron chi connectivity index (χ4n) is 1.26. The molecule has 1 N–H and O–H groups in total. The van der Waals surface area contributed by atoms with Crippen molar-refractivity contribution in [3.05, 3.63) is 26.8 Å². The molecule has 1 aromatic rings. The molecule has 0 spiro atoms. The summed E-state index contributed by atoms with van der Waals surface area (Å²) in [5.74, 6) is -0.494. The van der Waals surface area contributed by atoms with Crippen LogP contribution in [0, 0.1) is 14.9 Å². The summed E-state index contributed by atoms with van der Waals surface area (Å²) in [7, 11) is 0. The smallest absolute Gasteiger partial charge is 0.310 e. The average molecular weight is 331 g/mol. The Bertz CT molecular complexity index is 451. The molecular weight excluding hydrogens is 321 g/mol. The van der Waals surface area contributed by atoms with Gasteiger partial charge in [0.1, 0.15) is 5.75 Å². The molecule has 1 aromatic carbocycles. The summed E-state index contributed by atoms with van der Waals surface area (Å²) in [5, 5.41) is 18.6. The number of aromatic hydroxyl groups is 1. The molecule has 0 bridgehead atoms. The standard InChI is InChI=1S/C11H10INO3/c1-2-16-11(15)5-9-7(6-13)3-8(12)4-10(9)14/h3-4,14H,2,5H2,1H3. The van der Waals surface area contributed by atoms with Crippen LogP contribution in [-0.4, -0.2) is 17.7 Å². The van der Waals surface area contributed by atoms with Crippen molar-refractivity contribution in [2.45, 2.75) is 13.3 Å². The SMILES string of the molecule is CCOC(=O)Cc1c(O)cc(I)cc1C#N. The molecule has 0 aliphatic rings. The number of carbonyl (C=O) groups excluding carboxylic acids is 1. The highest BCUT2D eigenvalue weighted by molar-refractivity contribution is 14.1. The Morgan fingerprint density at radius 1 is 1.62 bits per heavy atom. The van der Waals surface area contributed by atoms with Crippen molar-refractivity contribution < 1.29 is 14.6 Å². The first-order valence-electron chi connectivity index (χ1n) is 4.65. The molecule has 0 aromatic heterocycles. The van der Waals surface area contributed by atoms with Gasteiger partial charge in [-0.3, -0.25) is 4.79 Å². The normalized spacial score (nSPS) is 9.56. The Labute approximate surface area is 107 Å². The molecule has 0 aliphatic carbocycles. The first-order chi connectivity index (χ1) is 7.58. The molecule has 0 atom stereocenters. The van der Waals surface area contributed by atoms with E-state index in [0.717, 1.165) is 3.57 Å². The first kappa shape index (κ1) is 12.8. The Morgan fingerprint density at radius 2 is 2.31 bits per heavy atom. The first-order valence-corrected chi connectivity index (χ1v) is 5.73. The molecule has 0 saturated carbocycles. The van der Waals surface area contributed by atoms with Gasteiger partial charge in [-0.05, 0) is 41.6 Å². The van der Waals surface area contributed by atoms with Gasteiger partial charge in [0.25, 0.3) is 0 Å². The van der Waals surface area contributed by atoms with E-state index in [2.05, 4.69) is 0 Å². The van der Waals surface area contributed by atoms with E-state index in [4.69, 9.17) is 10.00 Å². The zero-order valence-corrected chi connectivity index (χ0v) is 10.8. The number of benzene rings is 1. The summed E-state index contributed by atoms with van der Waals surface area (Å²) in [6, 6.07) is 5.08. The Kier molecular flexibility index (Phi) is 4.55. The number of hydrogen-bond acceptors (Lipinski definition) is 4. The summed E-state index contributed by atoms with van der Waals surface area (Å²) in [6.07, 6.45) is -0.0838. The minimum atomic E-state index is -0.449. The van der Waals surface area contributed by atoms with E-state index in [-0.39, 0.29) is 18.8 Å². The van der Waals surface area contributed by atoms with Gasteiger partial charge in [0.15, 0.2) is 0 Å². The molecule has 16 heavy (non-hydrogen) atoms. The van der Waals surface area contributed by atoms with Crippen LogP contribution in [0.1, 0.15) is 18.1 Å². The molecule has 0 unspecified atom stereocenters. The van der Waals surface area contributed by atoms with Crippen LogP contribution in [0.2, 0.25) is 0 Å². The van der Waals surface area contributed by atoms with Gasteiger partial charge in [0.2, 0.25) is 0 Å². The molecule has 0 heterocycles. The van der Waals surface area contributed by atoms with Crippen molar-refractivity contribution in [1.29, 1.82) is 5.26 Å². The van der Waals surface area contributed by atoms with Crippen LogP contribution in [0.3, 0.4) is 0 Å². The van der Waals surface area contributed by atoms with Crippen molar-refractivity contribution in [2.75, 3.05) is 6.61 Å². The lowest BCUT2D eigenvalue weighted by atomic mass is 10.0. The van der Waals surface area contributed by atoms with Gasteiger partial charge in [0.05, 0.1) is 24.7 Å². The van der Waals surface area contributed by atoms with Crippen LogP contribution in [0.15, 0.2) is 12.1 Å². The van der Waals surface area contributed by atoms with Gasteiger partial charge >= 0.3 is 5.97 Å². The van der Waals surface area contributed by atoms with Crippen molar-refractivity contribution in [2.24, 2.45) is 0 Å². The number of nitriles is 1. The average Bonchev–Trinajstić information content (AvgIpc) is 2.22. The highest BCUT2D eigenvalue weighted by Crippen LogP contribution is 2.25. The maximum Gasteiger partial charge on any atom is 0.310 e. The van der Waals surface area contributed by atoms with Gasteiger partial charge in [-0.2, -0.15) is 5.26 Å². The van der Waals surface area contributed by atoms with Crippen LogP contribution in [0.5, 0.6) is 5.75 Å². The molecule has 0 aliphatic heterocycles. The second kappa shape index (κ2) is 5.70. The number of halogens is 1. The Morgan fingerprint density at radius 3 is 2.88 bits per heavy atom. The molecular formula is C11H10INO3. The number of phenolic OH excluding ortho intramolecular Hbond substituents is 1. The van der Waals surface area contributed by atoms with Crippen molar-refractivity contribution in [3.63, 3.8) is 0 Å². The molecule has 5 heteroatoms. The number of ether oxygens (including phenoxy) is 1. The Balaban J connectivity index is 3.04. The maximum atomic E-state index is 11.3. The largest absolute Gasteiger partial charge is 0.508 e. The highest BCUT2D eigenvalue weighted by atomic mass is 127. The van der Waals surface area contributed by atoms with Crippen LogP contribution in [0.4, 0.5) is 0 Å². The van der Waals surface area contributed by atoms with Gasteiger partial charge < -0.3 is 9.84 Å². The minimum absolute atomic E-state index is 0.0449. The zero-order valence-electron chi connectivity index (χ0n) is 8.66. The number of phenols is 1. The topological polar surface area (TPSA) is 70.3 Å². The summed E-state index contributed by atoms with van der Waals surface area (Å²) in [6.45, 7) is 1.99. The third-order valence-corrected chi connectivity index (χ3v) is 2.56. The van der Waals surface area contributed by atoms with Gasteiger partial charge in [-0.25, -0.2) is 0 Å². The minimum Gasteiger partial charge on any atom is -0.508 e. The predicted molar refractivity (Wildman–Crippen MR) is 65.9 cm³/mol. The third kappa shape index (κ3) is 3.10. The quantitative estimate of drug-likeness (QED) is 0.679. The monoisotopic (exact) mass is 331 g/mol. The summed E-state index contributed by atoms with van der Waals surface area (Å²) in [5.41, 5.74) is 0.624. The molecule has 4 nitrogen and oxygen atoms in total. The molecule has 0 fully saturated rings. The van der Waals surface area contributed by atoms with E-state index in [1.807, 2.05) is 28.7 Å². The van der Waals surface area contributed by atoms with Crippen LogP contribution >= 0.6 is 22.6 Å². The highest BCUT2D eigenvalue weighted by Gasteiger charge is 2.14. The van der Waals surface area contributed by atoms with E-state index >= 15 is 0 Å². The van der Waals surface area contributed by atoms with Crippen molar-refractivity contribution in [1.82, 2.24) is 0 Å². The van der Waals surface area contributed by atoms with Gasteiger partial charge in [-0.15, -0.1) is 0 Å². The summed E-state index contributed by atoms with van der Waals surface area (Å²) >= 11 is 1.99. The van der Waals surface area contributed by atoms with Crippen molar-refractivity contribution in [3.8, 4) is 11.8 Å². The lowest BCUT2D eigenvalue weighted by Gasteiger charge is -2.07. The second-order valence-electron chi connectivity index (χ2n) is 3.04. The van der Waals surface area contributed by atoms with E-state index in [1.54, 1.807) is 13.0 Å². The van der Waals surface area contributed by atoms with Gasteiger partial charge in [-0.1, -0.05) is 0 Å². The fraction of sp³-hybridized carbons (Fsp3) is 0.273. The van der Waals surface area contributed by atoms with Crippen LogP contribution < -0.4 is 0 Å². The zero-order chi connectivity index (χ0) is 12.1. The van der Waals surface area contributed by atoms with E-state index in [9.17, 15) is 9.90 Å². The van der Waals surface area contributed by atoms with Crippen LogP contribution in [-0.2, 0) is 16.0 Å². The van der Waals surface area contributed by atoms with Crippen LogP contribution in [0.25, 0.3) is 0 Å². The molecule has 84 valence electrons. The molecule has 0 radical (unpaired) electrons. The maximum absolute atomic E-state index is 11.3. The summed E-state index contributed by atoms with van der Waals surface area (Å²) < 4.78 is 5.52. The molecule has 0 amide bonds. The van der Waals surface area contributed by atoms with E-state index in [0.29, 0.717) is 11.1 Å².